The lowest BCUT2D eigenvalue weighted by molar-refractivity contribution is 0.0133. The van der Waals surface area contributed by atoms with Gasteiger partial charge in [0.15, 0.2) is 0 Å². The van der Waals surface area contributed by atoms with Crippen molar-refractivity contribution in [2.24, 2.45) is 0 Å². The number of carbonyl (C=O) groups is 1. The van der Waals surface area contributed by atoms with Gasteiger partial charge in [-0.1, -0.05) is 30.3 Å². The molecule has 7 nitrogen and oxygen atoms in total. The van der Waals surface area contributed by atoms with Crippen LogP contribution in [0, 0.1) is 6.92 Å². The molecule has 0 aliphatic carbocycles. The number of amides is 1. The third kappa shape index (κ3) is 5.72. The topological polar surface area (TPSA) is 101 Å². The van der Waals surface area contributed by atoms with Gasteiger partial charge in [0.25, 0.3) is 0 Å². The molecule has 1 amide bonds. The summed E-state index contributed by atoms with van der Waals surface area (Å²) in [6.07, 6.45) is -1.08. The molecule has 0 aliphatic heterocycles. The van der Waals surface area contributed by atoms with E-state index >= 15 is 0 Å². The molecule has 2 aromatic rings. The molecule has 0 fully saturated rings. The number of pyridine rings is 1. The number of alkyl carbamates (subject to hydrolysis) is 1. The Labute approximate surface area is 152 Å². The number of rotatable bonds is 8. The van der Waals surface area contributed by atoms with Crippen molar-refractivity contribution in [3.63, 3.8) is 0 Å². The third-order valence-electron chi connectivity index (χ3n) is 3.87. The zero-order chi connectivity index (χ0) is 18.9. The van der Waals surface area contributed by atoms with Crippen molar-refractivity contribution in [3.8, 4) is 5.88 Å². The van der Waals surface area contributed by atoms with Crippen LogP contribution in [0.4, 0.5) is 4.79 Å². The zero-order valence-electron chi connectivity index (χ0n) is 14.9. The van der Waals surface area contributed by atoms with E-state index in [2.05, 4.69) is 10.3 Å². The number of hydrogen-bond acceptors (Lipinski definition) is 6. The standard InChI is InChI=1S/C19H24N2O5/c1-13-10-15(11-21-18(13)25-2)17(23)16(22)8-9-20-19(24)26-12-14-6-4-3-5-7-14/h3-7,10-11,16-17,22-23H,8-9,12H2,1-2H3,(H,20,24). The zero-order valence-corrected chi connectivity index (χ0v) is 14.9. The fourth-order valence-electron chi connectivity index (χ4n) is 2.44. The molecule has 0 bridgehead atoms. The molecule has 3 N–H and O–H groups in total. The first-order chi connectivity index (χ1) is 12.5. The van der Waals surface area contributed by atoms with E-state index in [1.807, 2.05) is 30.3 Å². The first-order valence-electron chi connectivity index (χ1n) is 8.32. The molecular weight excluding hydrogens is 336 g/mol. The van der Waals surface area contributed by atoms with Crippen molar-refractivity contribution >= 4 is 6.09 Å². The fourth-order valence-corrected chi connectivity index (χ4v) is 2.44. The number of aliphatic hydroxyl groups excluding tert-OH is 2. The van der Waals surface area contributed by atoms with Crippen LogP contribution < -0.4 is 10.1 Å². The van der Waals surface area contributed by atoms with Gasteiger partial charge in [0, 0.05) is 23.9 Å². The Morgan fingerprint density at radius 2 is 2.00 bits per heavy atom. The lowest BCUT2D eigenvalue weighted by Gasteiger charge is -2.19. The van der Waals surface area contributed by atoms with E-state index < -0.39 is 18.3 Å². The Bertz CT molecular complexity index is 708. The molecule has 2 rings (SSSR count). The SMILES string of the molecule is COc1ncc(C(O)C(O)CCNC(=O)OCc2ccccc2)cc1C. The van der Waals surface area contributed by atoms with Crippen molar-refractivity contribution in [2.45, 2.75) is 32.2 Å². The van der Waals surface area contributed by atoms with Crippen LogP contribution >= 0.6 is 0 Å². The van der Waals surface area contributed by atoms with Crippen LogP contribution in [0.25, 0.3) is 0 Å². The number of methoxy groups -OCH3 is 1. The summed E-state index contributed by atoms with van der Waals surface area (Å²) in [6, 6.07) is 11.0. The molecular formula is C19H24N2O5. The molecule has 0 saturated carbocycles. The van der Waals surface area contributed by atoms with E-state index in [1.54, 1.807) is 13.0 Å². The van der Waals surface area contributed by atoms with Gasteiger partial charge in [-0.15, -0.1) is 0 Å². The Balaban J connectivity index is 1.74. The van der Waals surface area contributed by atoms with Gasteiger partial charge in [-0.05, 0) is 25.0 Å². The minimum Gasteiger partial charge on any atom is -0.481 e. The quantitative estimate of drug-likeness (QED) is 0.667. The van der Waals surface area contributed by atoms with Crippen LogP contribution in [-0.4, -0.2) is 41.0 Å². The summed E-state index contributed by atoms with van der Waals surface area (Å²) in [4.78, 5) is 15.7. The minimum absolute atomic E-state index is 0.173. The van der Waals surface area contributed by atoms with Crippen LogP contribution in [-0.2, 0) is 11.3 Å². The van der Waals surface area contributed by atoms with Gasteiger partial charge in [-0.3, -0.25) is 0 Å². The Kier molecular flexibility index (Phi) is 7.37. The monoisotopic (exact) mass is 360 g/mol. The number of aliphatic hydroxyl groups is 2. The second kappa shape index (κ2) is 9.74. The van der Waals surface area contributed by atoms with E-state index in [9.17, 15) is 15.0 Å². The molecule has 0 saturated heterocycles. The Morgan fingerprint density at radius 3 is 2.65 bits per heavy atom. The molecule has 0 aliphatic rings. The van der Waals surface area contributed by atoms with Crippen molar-refractivity contribution in [1.82, 2.24) is 10.3 Å². The Morgan fingerprint density at radius 1 is 1.27 bits per heavy atom. The molecule has 2 atom stereocenters. The lowest BCUT2D eigenvalue weighted by Crippen LogP contribution is -2.29. The van der Waals surface area contributed by atoms with E-state index in [0.717, 1.165) is 11.1 Å². The summed E-state index contributed by atoms with van der Waals surface area (Å²) < 4.78 is 10.1. The summed E-state index contributed by atoms with van der Waals surface area (Å²) in [6.45, 7) is 2.15. The van der Waals surface area contributed by atoms with Gasteiger partial charge >= 0.3 is 6.09 Å². The maximum absolute atomic E-state index is 11.7. The summed E-state index contributed by atoms with van der Waals surface area (Å²) in [5.41, 5.74) is 2.14. The first kappa shape index (κ1) is 19.7. The molecule has 0 spiro atoms. The summed E-state index contributed by atoms with van der Waals surface area (Å²) in [5, 5.41) is 22.9. The highest BCUT2D eigenvalue weighted by atomic mass is 16.5. The van der Waals surface area contributed by atoms with E-state index in [0.29, 0.717) is 11.4 Å². The number of aromatic nitrogens is 1. The van der Waals surface area contributed by atoms with Crippen LogP contribution in [0.3, 0.4) is 0 Å². The predicted octanol–water partition coefficient (Wildman–Crippen LogP) is 2.11. The maximum Gasteiger partial charge on any atom is 0.407 e. The molecule has 140 valence electrons. The average Bonchev–Trinajstić information content (AvgIpc) is 2.66. The normalized spacial score (nSPS) is 12.9. The van der Waals surface area contributed by atoms with Crippen LogP contribution in [0.2, 0.25) is 0 Å². The average molecular weight is 360 g/mol. The summed E-state index contributed by atoms with van der Waals surface area (Å²) in [5.74, 6) is 0.471. The van der Waals surface area contributed by atoms with Crippen LogP contribution in [0.15, 0.2) is 42.6 Å². The molecule has 1 aromatic heterocycles. The molecule has 1 heterocycles. The van der Waals surface area contributed by atoms with Gasteiger partial charge in [-0.2, -0.15) is 0 Å². The highest BCUT2D eigenvalue weighted by Crippen LogP contribution is 2.22. The molecule has 2 unspecified atom stereocenters. The number of benzene rings is 1. The predicted molar refractivity (Wildman–Crippen MR) is 95.7 cm³/mol. The molecule has 26 heavy (non-hydrogen) atoms. The molecule has 1 aromatic carbocycles. The minimum atomic E-state index is -1.10. The second-order valence-corrected chi connectivity index (χ2v) is 5.88. The first-order valence-corrected chi connectivity index (χ1v) is 8.32. The maximum atomic E-state index is 11.7. The molecule has 7 heteroatoms. The number of nitrogens with zero attached hydrogens (tertiary/aromatic N) is 1. The van der Waals surface area contributed by atoms with Gasteiger partial charge in [0.1, 0.15) is 12.7 Å². The van der Waals surface area contributed by atoms with Crippen LogP contribution in [0.1, 0.15) is 29.2 Å². The van der Waals surface area contributed by atoms with Crippen molar-refractivity contribution in [2.75, 3.05) is 13.7 Å². The van der Waals surface area contributed by atoms with Gasteiger partial charge < -0.3 is 25.0 Å². The summed E-state index contributed by atoms with van der Waals surface area (Å²) in [7, 11) is 1.52. The van der Waals surface area contributed by atoms with Crippen molar-refractivity contribution in [3.05, 3.63) is 59.3 Å². The van der Waals surface area contributed by atoms with E-state index in [4.69, 9.17) is 9.47 Å². The fraction of sp³-hybridized carbons (Fsp3) is 0.368. The van der Waals surface area contributed by atoms with E-state index in [-0.39, 0.29) is 19.6 Å². The number of hydrogen-bond donors (Lipinski definition) is 3. The number of carbonyl (C=O) groups excluding carboxylic acids is 1. The smallest absolute Gasteiger partial charge is 0.407 e. The van der Waals surface area contributed by atoms with Gasteiger partial charge in [0.2, 0.25) is 5.88 Å². The van der Waals surface area contributed by atoms with E-state index in [1.165, 1.54) is 13.3 Å². The largest absolute Gasteiger partial charge is 0.481 e. The van der Waals surface area contributed by atoms with Crippen molar-refractivity contribution in [1.29, 1.82) is 0 Å². The van der Waals surface area contributed by atoms with Crippen LogP contribution in [0.5, 0.6) is 5.88 Å². The highest BCUT2D eigenvalue weighted by Gasteiger charge is 2.20. The number of nitrogens with one attached hydrogen (secondary N) is 1. The third-order valence-corrected chi connectivity index (χ3v) is 3.87. The Hall–Kier alpha value is -2.64. The molecule has 0 radical (unpaired) electrons. The second-order valence-electron chi connectivity index (χ2n) is 5.88. The lowest BCUT2D eigenvalue weighted by atomic mass is 10.0. The van der Waals surface area contributed by atoms with Crippen molar-refractivity contribution < 1.29 is 24.5 Å². The number of aryl methyl sites for hydroxylation is 1. The number of ether oxygens (including phenoxy) is 2. The van der Waals surface area contributed by atoms with Gasteiger partial charge in [-0.25, -0.2) is 9.78 Å². The highest BCUT2D eigenvalue weighted by molar-refractivity contribution is 5.67. The summed E-state index contributed by atoms with van der Waals surface area (Å²) >= 11 is 0. The van der Waals surface area contributed by atoms with Gasteiger partial charge in [0.05, 0.1) is 13.2 Å².